The second kappa shape index (κ2) is 14.5. The predicted molar refractivity (Wildman–Crippen MR) is 181 cm³/mol. The molecule has 240 valence electrons. The lowest BCUT2D eigenvalue weighted by atomic mass is 9.98. The number of benzene rings is 4. The van der Waals surface area contributed by atoms with Crippen molar-refractivity contribution >= 4 is 16.9 Å². The molecule has 2 aliphatic heterocycles. The summed E-state index contributed by atoms with van der Waals surface area (Å²) in [7, 11) is 0. The van der Waals surface area contributed by atoms with Crippen molar-refractivity contribution in [2.75, 3.05) is 19.6 Å². The molecule has 0 saturated carbocycles. The normalized spacial score (nSPS) is 20.2. The van der Waals surface area contributed by atoms with Gasteiger partial charge in [-0.1, -0.05) is 79.2 Å². The number of fused-ring (bicyclic) bond motifs is 1. The fraction of sp³-hybridized carbons (Fsp3) is 0.308. The number of aromatic nitrogens is 2. The van der Waals surface area contributed by atoms with Crippen LogP contribution in [-0.2, 0) is 22.6 Å². The van der Waals surface area contributed by atoms with Gasteiger partial charge in [0.1, 0.15) is 5.69 Å². The summed E-state index contributed by atoms with van der Waals surface area (Å²) in [6, 6.07) is 32.1. The van der Waals surface area contributed by atoms with Gasteiger partial charge in [0.15, 0.2) is 6.29 Å². The van der Waals surface area contributed by atoms with Crippen LogP contribution in [0.5, 0.6) is 0 Å². The third-order valence-electron chi connectivity index (χ3n) is 9.08. The van der Waals surface area contributed by atoms with Crippen molar-refractivity contribution in [1.29, 1.82) is 0 Å². The number of carbonyl (C=O) groups is 1. The Labute approximate surface area is 275 Å². The number of amides is 1. The quantitative estimate of drug-likeness (QED) is 0.186. The van der Waals surface area contributed by atoms with Crippen LogP contribution in [0.15, 0.2) is 103 Å². The molecule has 0 unspecified atom stereocenters. The number of likely N-dealkylation sites (tertiary alicyclic amines) is 1. The number of hydrogen-bond donors (Lipinski definition) is 2. The van der Waals surface area contributed by atoms with Crippen LogP contribution in [0.1, 0.15) is 70.8 Å². The van der Waals surface area contributed by atoms with E-state index in [0.717, 1.165) is 65.0 Å². The van der Waals surface area contributed by atoms with Crippen molar-refractivity contribution in [3.63, 3.8) is 0 Å². The third-order valence-corrected chi connectivity index (χ3v) is 9.08. The number of nitrogens with one attached hydrogen (secondary N) is 1. The lowest BCUT2D eigenvalue weighted by Gasteiger charge is -2.39. The van der Waals surface area contributed by atoms with Gasteiger partial charge in [-0.3, -0.25) is 9.78 Å². The van der Waals surface area contributed by atoms with E-state index in [0.29, 0.717) is 17.8 Å². The number of rotatable bonds is 9. The maximum atomic E-state index is 12.9. The van der Waals surface area contributed by atoms with Crippen LogP contribution in [0.3, 0.4) is 0 Å². The van der Waals surface area contributed by atoms with E-state index in [-0.39, 0.29) is 24.7 Å². The van der Waals surface area contributed by atoms with E-state index < -0.39 is 6.29 Å². The van der Waals surface area contributed by atoms with Crippen LogP contribution in [0.25, 0.3) is 22.2 Å². The Morgan fingerprint density at radius 2 is 1.57 bits per heavy atom. The minimum Gasteiger partial charge on any atom is -0.392 e. The zero-order valence-corrected chi connectivity index (χ0v) is 26.4. The molecule has 2 fully saturated rings. The Bertz CT molecular complexity index is 1820. The van der Waals surface area contributed by atoms with Crippen LogP contribution in [0.2, 0.25) is 0 Å². The molecule has 0 spiro atoms. The van der Waals surface area contributed by atoms with E-state index in [4.69, 9.17) is 9.47 Å². The summed E-state index contributed by atoms with van der Waals surface area (Å²) >= 11 is 0. The topological polar surface area (TPSA) is 96.8 Å². The molecule has 8 heteroatoms. The fourth-order valence-electron chi connectivity index (χ4n) is 6.53. The van der Waals surface area contributed by atoms with E-state index in [2.05, 4.69) is 62.6 Å². The highest BCUT2D eigenvalue weighted by molar-refractivity contribution is 5.93. The number of ether oxygens (including phenoxy) is 2. The highest BCUT2D eigenvalue weighted by Gasteiger charge is 2.33. The summed E-state index contributed by atoms with van der Waals surface area (Å²) in [4.78, 5) is 24.2. The maximum Gasteiger partial charge on any atom is 0.271 e. The standard InChI is InChI=1S/C39H40N4O4/c44-26-27-14-16-29(17-15-27)37-22-33(25-43-18-4-1-5-19-43)46-39(47-37)32-11-7-10-31(21-32)30-9-6-8-28(20-30)23-41-38(45)36-24-40-34-12-2-3-13-35(34)42-36/h2-3,6-17,20-21,24,33,37,39,44H,1,4-5,18-19,22-23,25-26H2,(H,41,45)/t33-,37+,39+/m0/s1. The summed E-state index contributed by atoms with van der Waals surface area (Å²) in [5.41, 5.74) is 7.76. The molecule has 3 atom stereocenters. The molecular weight excluding hydrogens is 588 g/mol. The average molecular weight is 629 g/mol. The number of hydrogen-bond acceptors (Lipinski definition) is 7. The van der Waals surface area contributed by atoms with E-state index in [1.54, 1.807) is 0 Å². The number of nitrogens with zero attached hydrogens (tertiary/aromatic N) is 3. The number of carbonyl (C=O) groups excluding carboxylic acids is 1. The van der Waals surface area contributed by atoms with Crippen LogP contribution < -0.4 is 5.32 Å². The predicted octanol–water partition coefficient (Wildman–Crippen LogP) is 6.75. The summed E-state index contributed by atoms with van der Waals surface area (Å²) in [5, 5.41) is 12.5. The van der Waals surface area contributed by atoms with E-state index in [9.17, 15) is 9.90 Å². The molecule has 0 aliphatic carbocycles. The minimum absolute atomic E-state index is 0.0224. The zero-order chi connectivity index (χ0) is 32.0. The van der Waals surface area contributed by atoms with Crippen molar-refractivity contribution in [3.8, 4) is 11.1 Å². The van der Waals surface area contributed by atoms with Crippen LogP contribution in [0.4, 0.5) is 0 Å². The minimum atomic E-state index is -0.508. The van der Waals surface area contributed by atoms with Crippen molar-refractivity contribution in [2.24, 2.45) is 0 Å². The van der Waals surface area contributed by atoms with E-state index >= 15 is 0 Å². The molecule has 2 saturated heterocycles. The van der Waals surface area contributed by atoms with Gasteiger partial charge in [0.2, 0.25) is 0 Å². The van der Waals surface area contributed by atoms with Gasteiger partial charge in [-0.25, -0.2) is 4.98 Å². The van der Waals surface area contributed by atoms with Crippen molar-refractivity contribution in [2.45, 2.75) is 57.3 Å². The van der Waals surface area contributed by atoms with Crippen molar-refractivity contribution < 1.29 is 19.4 Å². The molecule has 47 heavy (non-hydrogen) atoms. The number of para-hydroxylation sites is 2. The van der Waals surface area contributed by atoms with Crippen molar-refractivity contribution in [1.82, 2.24) is 20.2 Å². The fourth-order valence-corrected chi connectivity index (χ4v) is 6.53. The van der Waals surface area contributed by atoms with Gasteiger partial charge in [-0.2, -0.15) is 0 Å². The van der Waals surface area contributed by atoms with Crippen LogP contribution >= 0.6 is 0 Å². The van der Waals surface area contributed by atoms with E-state index in [1.165, 1.54) is 25.5 Å². The van der Waals surface area contributed by atoms with Gasteiger partial charge in [0.25, 0.3) is 5.91 Å². The second-order valence-electron chi connectivity index (χ2n) is 12.5. The molecule has 7 rings (SSSR count). The highest BCUT2D eigenvalue weighted by atomic mass is 16.7. The third kappa shape index (κ3) is 7.58. The first-order chi connectivity index (χ1) is 23.1. The Kier molecular flexibility index (Phi) is 9.63. The summed E-state index contributed by atoms with van der Waals surface area (Å²) < 4.78 is 13.3. The molecule has 4 aromatic carbocycles. The molecular formula is C39H40N4O4. The molecule has 8 nitrogen and oxygen atoms in total. The van der Waals surface area contributed by atoms with E-state index in [1.807, 2.05) is 54.6 Å². The van der Waals surface area contributed by atoms with Gasteiger partial charge in [0, 0.05) is 25.1 Å². The first kappa shape index (κ1) is 31.1. The largest absolute Gasteiger partial charge is 0.392 e. The Morgan fingerprint density at radius 3 is 2.38 bits per heavy atom. The molecule has 5 aromatic rings. The summed E-state index contributed by atoms with van der Waals surface area (Å²) in [6.07, 6.45) is 5.49. The van der Waals surface area contributed by atoms with Gasteiger partial charge in [0.05, 0.1) is 36.0 Å². The zero-order valence-electron chi connectivity index (χ0n) is 26.4. The molecule has 2 N–H and O–H groups in total. The van der Waals surface area contributed by atoms with Crippen LogP contribution in [0, 0.1) is 0 Å². The number of piperidine rings is 1. The summed E-state index contributed by atoms with van der Waals surface area (Å²) in [5.74, 6) is -0.262. The molecule has 1 amide bonds. The molecule has 0 bridgehead atoms. The number of aliphatic hydroxyl groups excluding tert-OH is 1. The molecule has 3 heterocycles. The Balaban J connectivity index is 1.07. The summed E-state index contributed by atoms with van der Waals surface area (Å²) in [6.45, 7) is 3.51. The first-order valence-electron chi connectivity index (χ1n) is 16.5. The van der Waals surface area contributed by atoms with Gasteiger partial charge >= 0.3 is 0 Å². The van der Waals surface area contributed by atoms with Gasteiger partial charge < -0.3 is 24.8 Å². The Hall–Kier alpha value is -4.47. The van der Waals surface area contributed by atoms with Gasteiger partial charge in [-0.15, -0.1) is 0 Å². The van der Waals surface area contributed by atoms with Gasteiger partial charge in [-0.05, 0) is 78.0 Å². The second-order valence-corrected chi connectivity index (χ2v) is 12.5. The monoisotopic (exact) mass is 628 g/mol. The molecule has 1 aromatic heterocycles. The lowest BCUT2D eigenvalue weighted by Crippen LogP contribution is -2.41. The highest BCUT2D eigenvalue weighted by Crippen LogP contribution is 2.39. The number of aliphatic hydroxyl groups is 1. The van der Waals surface area contributed by atoms with Crippen LogP contribution in [-0.4, -0.2) is 51.6 Å². The lowest BCUT2D eigenvalue weighted by molar-refractivity contribution is -0.253. The maximum absolute atomic E-state index is 12.9. The molecule has 2 aliphatic rings. The smallest absolute Gasteiger partial charge is 0.271 e. The Morgan fingerprint density at radius 1 is 0.809 bits per heavy atom. The molecule has 0 radical (unpaired) electrons. The SMILES string of the molecule is O=C(NCc1cccc(-c2cccc([C@@H]3O[C@H](CN4CCCCC4)C[C@H](c4ccc(CO)cc4)O3)c2)c1)c1cnc2ccccc2n1. The first-order valence-corrected chi connectivity index (χ1v) is 16.5. The average Bonchev–Trinajstić information content (AvgIpc) is 3.14. The van der Waals surface area contributed by atoms with Crippen molar-refractivity contribution in [3.05, 3.63) is 131 Å².